The number of nitriles is 1. The van der Waals surface area contributed by atoms with Crippen LogP contribution in [0.15, 0.2) is 24.7 Å². The Balaban J connectivity index is 1.74. The SMILES string of the molecule is C=C(CC(C)(C)C)N1CC(CC#N)(n2cc(B3CC(C)(C)C(C)(C)C3)cn2)C1. The fourth-order valence-corrected chi connectivity index (χ4v) is 5.00. The zero-order chi connectivity index (χ0) is 21.0. The molecule has 0 amide bonds. The second-order valence-electron chi connectivity index (χ2n) is 11.8. The molecule has 3 rings (SSSR count). The van der Waals surface area contributed by atoms with Gasteiger partial charge in [-0.05, 0) is 28.1 Å². The molecule has 3 heterocycles. The molecule has 0 aromatic carbocycles. The monoisotopic (exact) mass is 380 g/mol. The Morgan fingerprint density at radius 3 is 2.29 bits per heavy atom. The summed E-state index contributed by atoms with van der Waals surface area (Å²) in [5, 5.41) is 14.2. The maximum Gasteiger partial charge on any atom is 0.181 e. The van der Waals surface area contributed by atoms with E-state index in [-0.39, 0.29) is 11.0 Å². The summed E-state index contributed by atoms with van der Waals surface area (Å²) in [4.78, 5) is 2.33. The number of allylic oxidation sites excluding steroid dienone is 1. The Morgan fingerprint density at radius 1 is 1.21 bits per heavy atom. The number of aromatic nitrogens is 2. The fourth-order valence-electron chi connectivity index (χ4n) is 5.00. The molecule has 1 aromatic heterocycles. The molecule has 0 saturated carbocycles. The van der Waals surface area contributed by atoms with E-state index in [1.807, 2.05) is 6.20 Å². The average Bonchev–Trinajstić information content (AvgIpc) is 3.04. The molecular weight excluding hydrogens is 343 g/mol. The van der Waals surface area contributed by atoms with E-state index in [1.54, 1.807) is 0 Å². The normalized spacial score (nSPS) is 22.6. The quantitative estimate of drug-likeness (QED) is 0.706. The third kappa shape index (κ3) is 3.75. The minimum Gasteiger partial charge on any atom is -0.370 e. The minimum absolute atomic E-state index is 0.211. The smallest absolute Gasteiger partial charge is 0.181 e. The molecule has 2 saturated heterocycles. The van der Waals surface area contributed by atoms with Gasteiger partial charge in [0.25, 0.3) is 0 Å². The van der Waals surface area contributed by atoms with Crippen LogP contribution in [-0.4, -0.2) is 34.5 Å². The molecule has 2 aliphatic heterocycles. The van der Waals surface area contributed by atoms with Gasteiger partial charge in [0.15, 0.2) is 6.71 Å². The molecule has 28 heavy (non-hydrogen) atoms. The van der Waals surface area contributed by atoms with Crippen molar-refractivity contribution in [1.29, 1.82) is 5.26 Å². The first-order valence-corrected chi connectivity index (χ1v) is 10.6. The van der Waals surface area contributed by atoms with E-state index >= 15 is 0 Å². The van der Waals surface area contributed by atoms with Crippen LogP contribution in [0.5, 0.6) is 0 Å². The molecule has 0 spiro atoms. The number of rotatable bonds is 5. The van der Waals surface area contributed by atoms with Crippen LogP contribution in [0, 0.1) is 27.6 Å². The van der Waals surface area contributed by atoms with Gasteiger partial charge in [0.05, 0.1) is 12.5 Å². The van der Waals surface area contributed by atoms with Crippen molar-refractivity contribution in [3.05, 3.63) is 24.7 Å². The van der Waals surface area contributed by atoms with Crippen LogP contribution < -0.4 is 5.46 Å². The lowest BCUT2D eigenvalue weighted by Gasteiger charge is -2.51. The summed E-state index contributed by atoms with van der Waals surface area (Å²) in [5.41, 5.74) is 3.20. The minimum atomic E-state index is -0.211. The average molecular weight is 380 g/mol. The van der Waals surface area contributed by atoms with E-state index in [4.69, 9.17) is 5.10 Å². The van der Waals surface area contributed by atoms with Crippen molar-refractivity contribution in [2.24, 2.45) is 16.2 Å². The molecule has 0 radical (unpaired) electrons. The van der Waals surface area contributed by atoms with Crippen LogP contribution in [0.1, 0.15) is 61.3 Å². The van der Waals surface area contributed by atoms with Gasteiger partial charge < -0.3 is 4.90 Å². The summed E-state index contributed by atoms with van der Waals surface area (Å²) < 4.78 is 2.09. The zero-order valence-electron chi connectivity index (χ0n) is 19.0. The lowest BCUT2D eigenvalue weighted by Crippen LogP contribution is -2.62. The highest BCUT2D eigenvalue weighted by Crippen LogP contribution is 2.52. The van der Waals surface area contributed by atoms with Gasteiger partial charge in [0.1, 0.15) is 5.54 Å². The Labute approximate surface area is 172 Å². The molecule has 0 unspecified atom stereocenters. The first kappa shape index (κ1) is 21.0. The molecule has 5 heteroatoms. The predicted octanol–water partition coefficient (Wildman–Crippen LogP) is 4.53. The molecule has 2 aliphatic rings. The molecule has 0 atom stereocenters. The molecule has 0 bridgehead atoms. The molecule has 2 fully saturated rings. The fraction of sp³-hybridized carbons (Fsp3) is 0.739. The molecule has 152 valence electrons. The highest BCUT2D eigenvalue weighted by molar-refractivity contribution is 6.74. The number of hydrogen-bond acceptors (Lipinski definition) is 3. The molecule has 1 aromatic rings. The summed E-state index contributed by atoms with van der Waals surface area (Å²) in [6.45, 7) is 22.8. The van der Waals surface area contributed by atoms with E-state index in [9.17, 15) is 5.26 Å². The zero-order valence-corrected chi connectivity index (χ0v) is 19.0. The van der Waals surface area contributed by atoms with Crippen LogP contribution in [0.4, 0.5) is 0 Å². The van der Waals surface area contributed by atoms with Gasteiger partial charge in [-0.15, -0.1) is 0 Å². The van der Waals surface area contributed by atoms with Crippen LogP contribution in [0.25, 0.3) is 0 Å². The second-order valence-corrected chi connectivity index (χ2v) is 11.8. The van der Waals surface area contributed by atoms with E-state index in [1.165, 1.54) is 23.8 Å². The number of nitrogens with zero attached hydrogens (tertiary/aromatic N) is 4. The molecule has 4 nitrogen and oxygen atoms in total. The van der Waals surface area contributed by atoms with Crippen LogP contribution >= 0.6 is 0 Å². The molecular formula is C23H37BN4. The van der Waals surface area contributed by atoms with Crippen LogP contribution in [0.2, 0.25) is 12.6 Å². The van der Waals surface area contributed by atoms with Gasteiger partial charge in [-0.3, -0.25) is 4.68 Å². The van der Waals surface area contributed by atoms with Gasteiger partial charge in [-0.25, -0.2) is 0 Å². The van der Waals surface area contributed by atoms with Crippen molar-refractivity contribution in [3.63, 3.8) is 0 Å². The van der Waals surface area contributed by atoms with Crippen molar-refractivity contribution in [1.82, 2.24) is 14.7 Å². The van der Waals surface area contributed by atoms with Gasteiger partial charge in [0, 0.05) is 31.2 Å². The number of hydrogen-bond donors (Lipinski definition) is 0. The Morgan fingerprint density at radius 2 is 1.79 bits per heavy atom. The van der Waals surface area contributed by atoms with E-state index in [0.29, 0.717) is 24.0 Å². The highest BCUT2D eigenvalue weighted by Gasteiger charge is 2.50. The summed E-state index contributed by atoms with van der Waals surface area (Å²) >= 11 is 0. The highest BCUT2D eigenvalue weighted by atomic mass is 15.4. The largest absolute Gasteiger partial charge is 0.370 e. The van der Waals surface area contributed by atoms with Gasteiger partial charge in [-0.2, -0.15) is 10.4 Å². The predicted molar refractivity (Wildman–Crippen MR) is 118 cm³/mol. The lowest BCUT2D eigenvalue weighted by atomic mass is 9.43. The maximum atomic E-state index is 9.46. The van der Waals surface area contributed by atoms with Gasteiger partial charge in [0.2, 0.25) is 0 Å². The standard InChI is InChI=1S/C23H37BN4/c1-18(11-20(2,3)4)27-16-23(17-27,9-10-25)28-13-19(12-26-28)24-14-21(5,6)22(7,8)15-24/h12-13H,1,9,11,14-17H2,2-8H3. The lowest BCUT2D eigenvalue weighted by molar-refractivity contribution is 0.0268. The summed E-state index contributed by atoms with van der Waals surface area (Å²) in [6.07, 6.45) is 8.15. The number of likely N-dealkylation sites (tertiary alicyclic amines) is 1. The van der Waals surface area contributed by atoms with Crippen molar-refractivity contribution >= 4 is 12.2 Å². The summed E-state index contributed by atoms with van der Waals surface area (Å²) in [6, 6.07) is 2.40. The van der Waals surface area contributed by atoms with Crippen molar-refractivity contribution in [2.45, 2.75) is 79.5 Å². The topological polar surface area (TPSA) is 44.9 Å². The Kier molecular flexibility index (Phi) is 5.02. The van der Waals surface area contributed by atoms with E-state index < -0.39 is 0 Å². The third-order valence-corrected chi connectivity index (χ3v) is 7.47. The van der Waals surface area contributed by atoms with E-state index in [0.717, 1.165) is 19.5 Å². The van der Waals surface area contributed by atoms with Gasteiger partial charge in [-0.1, -0.05) is 67.7 Å². The maximum absolute atomic E-state index is 9.46. The van der Waals surface area contributed by atoms with Crippen LogP contribution in [-0.2, 0) is 5.54 Å². The summed E-state index contributed by atoms with van der Waals surface area (Å²) in [5.74, 6) is 0. The molecule has 0 aliphatic carbocycles. The molecule has 0 N–H and O–H groups in total. The first-order chi connectivity index (χ1) is 12.8. The summed E-state index contributed by atoms with van der Waals surface area (Å²) in [7, 11) is 0. The van der Waals surface area contributed by atoms with Crippen LogP contribution in [0.3, 0.4) is 0 Å². The van der Waals surface area contributed by atoms with Crippen molar-refractivity contribution in [3.8, 4) is 6.07 Å². The van der Waals surface area contributed by atoms with E-state index in [2.05, 4.69) is 76.9 Å². The third-order valence-electron chi connectivity index (χ3n) is 7.47. The van der Waals surface area contributed by atoms with Crippen molar-refractivity contribution < 1.29 is 0 Å². The second kappa shape index (κ2) is 6.68. The Bertz CT molecular complexity index is 768. The van der Waals surface area contributed by atoms with Gasteiger partial charge >= 0.3 is 0 Å². The first-order valence-electron chi connectivity index (χ1n) is 10.6. The van der Waals surface area contributed by atoms with Crippen molar-refractivity contribution in [2.75, 3.05) is 13.1 Å². The Hall–Kier alpha value is -1.70.